The normalized spacial score (nSPS) is 51.9. The van der Waals surface area contributed by atoms with Crippen molar-refractivity contribution >= 4 is 0 Å². The van der Waals surface area contributed by atoms with Crippen molar-refractivity contribution in [1.29, 1.82) is 0 Å². The lowest BCUT2D eigenvalue weighted by molar-refractivity contribution is -0.232. The molecule has 2 nitrogen and oxygen atoms in total. The van der Waals surface area contributed by atoms with Crippen molar-refractivity contribution in [2.75, 3.05) is 0 Å². The molecule has 0 heterocycles. The van der Waals surface area contributed by atoms with Crippen LogP contribution in [0.3, 0.4) is 0 Å². The lowest BCUT2D eigenvalue weighted by atomic mass is 9.43. The smallest absolute Gasteiger partial charge is 0.144 e. The molecule has 0 radical (unpaired) electrons. The average molecular weight is 423 g/mol. The zero-order valence-corrected chi connectivity index (χ0v) is 20.2. The van der Waals surface area contributed by atoms with Gasteiger partial charge in [-0.25, -0.2) is 4.39 Å². The number of alkyl halides is 1. The molecule has 4 aliphatic rings. The minimum atomic E-state index is -1.61. The Balaban J connectivity index is 1.53. The van der Waals surface area contributed by atoms with Gasteiger partial charge in [0.05, 0.1) is 12.2 Å². The summed E-state index contributed by atoms with van der Waals surface area (Å²) < 4.78 is 16.3. The monoisotopic (exact) mass is 422 g/mol. The van der Waals surface area contributed by atoms with Gasteiger partial charge in [0.25, 0.3) is 0 Å². The predicted molar refractivity (Wildman–Crippen MR) is 121 cm³/mol. The lowest BCUT2D eigenvalue weighted by Gasteiger charge is -2.64. The lowest BCUT2D eigenvalue weighted by Crippen LogP contribution is -2.66. The van der Waals surface area contributed by atoms with Crippen molar-refractivity contribution < 1.29 is 14.6 Å². The van der Waals surface area contributed by atoms with Gasteiger partial charge in [-0.05, 0) is 85.9 Å². The molecule has 4 saturated carbocycles. The number of hydrogen-bond acceptors (Lipinski definition) is 2. The first kappa shape index (κ1) is 23.0. The van der Waals surface area contributed by atoms with Gasteiger partial charge in [-0.2, -0.15) is 0 Å². The highest BCUT2D eigenvalue weighted by atomic mass is 19.1. The van der Waals surface area contributed by atoms with Gasteiger partial charge < -0.3 is 10.2 Å². The summed E-state index contributed by atoms with van der Waals surface area (Å²) in [4.78, 5) is 0. The van der Waals surface area contributed by atoms with E-state index in [9.17, 15) is 10.2 Å². The second-order valence-corrected chi connectivity index (χ2v) is 12.8. The minimum Gasteiger partial charge on any atom is -0.393 e. The van der Waals surface area contributed by atoms with Crippen LogP contribution in [0.25, 0.3) is 0 Å². The zero-order chi connectivity index (χ0) is 21.9. The summed E-state index contributed by atoms with van der Waals surface area (Å²) >= 11 is 0. The second-order valence-electron chi connectivity index (χ2n) is 12.8. The molecule has 1 unspecified atom stereocenters. The van der Waals surface area contributed by atoms with Crippen LogP contribution in [0, 0.1) is 46.3 Å². The molecule has 0 aliphatic heterocycles. The third-order valence-electron chi connectivity index (χ3n) is 11.0. The number of hydrogen-bond donors (Lipinski definition) is 2. The van der Waals surface area contributed by atoms with Crippen molar-refractivity contribution in [3.8, 4) is 0 Å². The second kappa shape index (κ2) is 8.01. The van der Waals surface area contributed by atoms with Crippen LogP contribution in [0.2, 0.25) is 0 Å². The summed E-state index contributed by atoms with van der Waals surface area (Å²) in [5.41, 5.74) is -1.72. The summed E-state index contributed by atoms with van der Waals surface area (Å²) in [5, 5.41) is 21.2. The van der Waals surface area contributed by atoms with Crippen LogP contribution >= 0.6 is 0 Å². The number of aliphatic hydroxyl groups excluding tert-OH is 2. The van der Waals surface area contributed by atoms with Crippen LogP contribution in [-0.4, -0.2) is 28.1 Å². The fourth-order valence-corrected chi connectivity index (χ4v) is 9.24. The Hall–Kier alpha value is -0.150. The summed E-state index contributed by atoms with van der Waals surface area (Å²) in [6.07, 6.45) is 9.57. The molecule has 0 saturated heterocycles. The van der Waals surface area contributed by atoms with E-state index in [0.29, 0.717) is 36.0 Å². The standard InChI is InChI=1S/C27H47FO2/c1-17(2)7-6-8-18(3)21-9-10-22-20-15-24(30)27(28)16-19(29)11-14-26(27,5)23(20)12-13-25(21,22)4/h17-24,29-30H,6-16H2,1-5H3/t18-,19+,20+,21-,22+,23+,24-,25-,26-,27?/m1/s1. The zero-order valence-electron chi connectivity index (χ0n) is 20.2. The van der Waals surface area contributed by atoms with E-state index in [4.69, 9.17) is 0 Å². The van der Waals surface area contributed by atoms with E-state index < -0.39 is 23.3 Å². The molecule has 0 spiro atoms. The predicted octanol–water partition coefficient (Wildman–Crippen LogP) is 6.53. The van der Waals surface area contributed by atoms with Gasteiger partial charge in [-0.1, -0.05) is 53.9 Å². The number of rotatable bonds is 5. The Morgan fingerprint density at radius 3 is 2.37 bits per heavy atom. The van der Waals surface area contributed by atoms with E-state index in [0.717, 1.165) is 30.6 Å². The van der Waals surface area contributed by atoms with Crippen LogP contribution in [0.15, 0.2) is 0 Å². The van der Waals surface area contributed by atoms with Gasteiger partial charge in [0, 0.05) is 11.8 Å². The molecule has 4 fully saturated rings. The Kier molecular flexibility index (Phi) is 6.15. The molecule has 0 bridgehead atoms. The summed E-state index contributed by atoms with van der Waals surface area (Å²) in [5.74, 6) is 3.80. The maximum absolute atomic E-state index is 16.3. The van der Waals surface area contributed by atoms with Crippen molar-refractivity contribution in [2.45, 2.75) is 123 Å². The summed E-state index contributed by atoms with van der Waals surface area (Å²) in [7, 11) is 0. The van der Waals surface area contributed by atoms with Crippen LogP contribution in [0.1, 0.15) is 105 Å². The molecule has 4 aliphatic carbocycles. The maximum Gasteiger partial charge on any atom is 0.144 e. The van der Waals surface area contributed by atoms with Crippen molar-refractivity contribution in [2.24, 2.45) is 46.3 Å². The molecule has 30 heavy (non-hydrogen) atoms. The quantitative estimate of drug-likeness (QED) is 0.529. The Labute approximate surface area is 184 Å². The third-order valence-corrected chi connectivity index (χ3v) is 11.0. The van der Waals surface area contributed by atoms with Gasteiger partial charge in [0.15, 0.2) is 0 Å². The van der Waals surface area contributed by atoms with Gasteiger partial charge >= 0.3 is 0 Å². The van der Waals surface area contributed by atoms with E-state index >= 15 is 4.39 Å². The van der Waals surface area contributed by atoms with Crippen LogP contribution in [0.4, 0.5) is 4.39 Å². The molecule has 4 rings (SSSR count). The van der Waals surface area contributed by atoms with Crippen molar-refractivity contribution in [3.05, 3.63) is 0 Å². The molecule has 0 aromatic heterocycles. The largest absolute Gasteiger partial charge is 0.393 e. The fourth-order valence-electron chi connectivity index (χ4n) is 9.24. The molecular weight excluding hydrogens is 375 g/mol. The molecule has 0 amide bonds. The van der Waals surface area contributed by atoms with Gasteiger partial charge in [0.2, 0.25) is 0 Å². The van der Waals surface area contributed by atoms with Gasteiger partial charge in [-0.3, -0.25) is 0 Å². The first-order valence-electron chi connectivity index (χ1n) is 13.1. The average Bonchev–Trinajstić information content (AvgIpc) is 3.01. The van der Waals surface area contributed by atoms with E-state index in [1.165, 1.54) is 38.5 Å². The molecule has 0 aromatic rings. The van der Waals surface area contributed by atoms with E-state index in [1.807, 2.05) is 0 Å². The molecule has 10 atom stereocenters. The highest BCUT2D eigenvalue weighted by Crippen LogP contribution is 2.69. The third kappa shape index (κ3) is 3.40. The summed E-state index contributed by atoms with van der Waals surface area (Å²) in [6, 6.07) is 0. The van der Waals surface area contributed by atoms with E-state index in [-0.39, 0.29) is 6.42 Å². The first-order valence-corrected chi connectivity index (χ1v) is 13.1. The van der Waals surface area contributed by atoms with Crippen molar-refractivity contribution in [3.63, 3.8) is 0 Å². The molecule has 174 valence electrons. The Morgan fingerprint density at radius 2 is 1.67 bits per heavy atom. The van der Waals surface area contributed by atoms with Gasteiger partial charge in [-0.15, -0.1) is 0 Å². The molecule has 3 heteroatoms. The highest BCUT2D eigenvalue weighted by Gasteiger charge is 2.68. The van der Waals surface area contributed by atoms with E-state index in [1.54, 1.807) is 0 Å². The van der Waals surface area contributed by atoms with Crippen molar-refractivity contribution in [1.82, 2.24) is 0 Å². The first-order chi connectivity index (χ1) is 14.0. The summed E-state index contributed by atoms with van der Waals surface area (Å²) in [6.45, 7) is 11.8. The Bertz CT molecular complexity index is 622. The number of aliphatic hydroxyl groups is 2. The number of halogens is 1. The maximum atomic E-state index is 16.3. The van der Waals surface area contributed by atoms with Crippen LogP contribution in [-0.2, 0) is 0 Å². The van der Waals surface area contributed by atoms with Crippen LogP contribution in [0.5, 0.6) is 0 Å². The topological polar surface area (TPSA) is 40.5 Å². The fraction of sp³-hybridized carbons (Fsp3) is 1.00. The SMILES string of the molecule is CC(C)CCC[C@@H](C)[C@H]1CC[C@H]2[C@@H]3C[C@@H](O)C4(F)C[C@@H](O)CC[C@]4(C)[C@H]3CC[C@]12C. The Morgan fingerprint density at radius 1 is 0.933 bits per heavy atom. The molecule has 2 N–H and O–H groups in total. The molecular formula is C27H47FO2. The van der Waals surface area contributed by atoms with Gasteiger partial charge in [0.1, 0.15) is 5.67 Å². The molecule has 0 aromatic carbocycles. The van der Waals surface area contributed by atoms with E-state index in [2.05, 4.69) is 34.6 Å². The highest BCUT2D eigenvalue weighted by molar-refractivity contribution is 5.17. The minimum absolute atomic E-state index is 0.130. The van der Waals surface area contributed by atoms with Crippen LogP contribution < -0.4 is 0 Å². The number of fused-ring (bicyclic) bond motifs is 5.